The Morgan fingerprint density at radius 1 is 1.14 bits per heavy atom. The summed E-state index contributed by atoms with van der Waals surface area (Å²) in [6, 6.07) is 0.885. The Kier molecular flexibility index (Phi) is 5.83. The van der Waals surface area contributed by atoms with Crippen molar-refractivity contribution >= 4 is 5.91 Å². The van der Waals surface area contributed by atoms with E-state index in [1.165, 1.54) is 38.5 Å². The first-order valence-corrected chi connectivity index (χ1v) is 10.8. The highest BCUT2D eigenvalue weighted by atomic mass is 16.2. The lowest BCUT2D eigenvalue weighted by Crippen LogP contribution is -2.44. The highest BCUT2D eigenvalue weighted by Crippen LogP contribution is 2.36. The molecule has 1 aliphatic carbocycles. The quantitative estimate of drug-likeness (QED) is 0.851. The summed E-state index contributed by atoms with van der Waals surface area (Å²) >= 11 is 0. The molecule has 0 aromatic carbocycles. The Hall–Kier alpha value is -1.73. The number of hydrogen-bond acceptors (Lipinski definition) is 5. The van der Waals surface area contributed by atoms with Crippen LogP contribution in [0, 0.1) is 0 Å². The average molecular weight is 388 g/mol. The monoisotopic (exact) mass is 387 g/mol. The van der Waals surface area contributed by atoms with Crippen molar-refractivity contribution in [2.75, 3.05) is 33.7 Å². The zero-order valence-corrected chi connectivity index (χ0v) is 17.2. The van der Waals surface area contributed by atoms with Crippen LogP contribution in [-0.4, -0.2) is 70.3 Å². The third kappa shape index (κ3) is 4.01. The SMILES string of the molecule is CN(C)CC(=O)N1CCc2nc(C3CCCN3C3CCCCC3)[nH]c(=O)c2C1. The van der Waals surface area contributed by atoms with Crippen molar-refractivity contribution in [1.82, 2.24) is 24.7 Å². The first-order chi connectivity index (χ1) is 13.5. The summed E-state index contributed by atoms with van der Waals surface area (Å²) in [6.45, 7) is 2.51. The van der Waals surface area contributed by atoms with E-state index in [1.807, 2.05) is 19.0 Å². The number of likely N-dealkylation sites (N-methyl/N-ethyl adjacent to an activating group) is 1. The van der Waals surface area contributed by atoms with Gasteiger partial charge in [-0.05, 0) is 46.3 Å². The Morgan fingerprint density at radius 2 is 1.93 bits per heavy atom. The van der Waals surface area contributed by atoms with Crippen LogP contribution in [0.4, 0.5) is 0 Å². The van der Waals surface area contributed by atoms with Gasteiger partial charge in [-0.15, -0.1) is 0 Å². The normalized spacial score (nSPS) is 24.0. The zero-order chi connectivity index (χ0) is 19.7. The third-order valence-electron chi connectivity index (χ3n) is 6.54. The van der Waals surface area contributed by atoms with Crippen molar-refractivity contribution in [2.24, 2.45) is 0 Å². The number of aromatic amines is 1. The van der Waals surface area contributed by atoms with Gasteiger partial charge in [-0.1, -0.05) is 19.3 Å². The number of likely N-dealkylation sites (tertiary alicyclic amines) is 1. The van der Waals surface area contributed by atoms with E-state index in [1.54, 1.807) is 4.90 Å². The molecular weight excluding hydrogens is 354 g/mol. The smallest absolute Gasteiger partial charge is 0.256 e. The number of carbonyl (C=O) groups is 1. The van der Waals surface area contributed by atoms with Crippen LogP contribution in [0.2, 0.25) is 0 Å². The fourth-order valence-electron chi connectivity index (χ4n) is 5.12. The molecule has 154 valence electrons. The first-order valence-electron chi connectivity index (χ1n) is 10.8. The topological polar surface area (TPSA) is 72.5 Å². The molecule has 2 fully saturated rings. The molecule has 2 aliphatic heterocycles. The van der Waals surface area contributed by atoms with Crippen molar-refractivity contribution in [3.8, 4) is 0 Å². The van der Waals surface area contributed by atoms with Crippen molar-refractivity contribution in [1.29, 1.82) is 0 Å². The number of amides is 1. The van der Waals surface area contributed by atoms with Crippen LogP contribution in [-0.2, 0) is 17.8 Å². The van der Waals surface area contributed by atoms with E-state index in [2.05, 4.69) is 9.88 Å². The van der Waals surface area contributed by atoms with Crippen LogP contribution in [0.1, 0.15) is 68.1 Å². The number of aromatic nitrogens is 2. The number of rotatable bonds is 4. The van der Waals surface area contributed by atoms with Gasteiger partial charge in [-0.25, -0.2) is 4.98 Å². The summed E-state index contributed by atoms with van der Waals surface area (Å²) in [5, 5.41) is 0. The molecular formula is C21H33N5O2. The molecule has 1 saturated carbocycles. The van der Waals surface area contributed by atoms with Gasteiger partial charge in [-0.3, -0.25) is 14.5 Å². The molecule has 1 aromatic heterocycles. The van der Waals surface area contributed by atoms with Crippen molar-refractivity contribution in [2.45, 2.75) is 70.0 Å². The Morgan fingerprint density at radius 3 is 2.68 bits per heavy atom. The van der Waals surface area contributed by atoms with Gasteiger partial charge >= 0.3 is 0 Å². The maximum atomic E-state index is 12.9. The summed E-state index contributed by atoms with van der Waals surface area (Å²) < 4.78 is 0. The minimum absolute atomic E-state index is 0.0575. The zero-order valence-electron chi connectivity index (χ0n) is 17.2. The maximum Gasteiger partial charge on any atom is 0.256 e. The number of hydrogen-bond donors (Lipinski definition) is 1. The van der Waals surface area contributed by atoms with E-state index in [0.717, 1.165) is 24.5 Å². The molecule has 1 amide bonds. The van der Waals surface area contributed by atoms with Crippen LogP contribution in [0.15, 0.2) is 4.79 Å². The minimum Gasteiger partial charge on any atom is -0.337 e. The molecule has 4 rings (SSSR count). The summed E-state index contributed by atoms with van der Waals surface area (Å²) in [7, 11) is 3.77. The number of H-pyrrole nitrogens is 1. The van der Waals surface area contributed by atoms with Crippen LogP contribution < -0.4 is 5.56 Å². The molecule has 1 aromatic rings. The Balaban J connectivity index is 1.53. The molecule has 1 N–H and O–H groups in total. The van der Waals surface area contributed by atoms with Gasteiger partial charge in [0.05, 0.1) is 30.4 Å². The molecule has 0 radical (unpaired) electrons. The second-order valence-corrected chi connectivity index (χ2v) is 8.87. The second-order valence-electron chi connectivity index (χ2n) is 8.87. The second kappa shape index (κ2) is 8.33. The van der Waals surface area contributed by atoms with Crippen molar-refractivity contribution in [3.05, 3.63) is 27.4 Å². The highest BCUT2D eigenvalue weighted by Gasteiger charge is 2.35. The standard InChI is InChI=1S/C21H33N5O2/c1-24(2)14-19(27)25-12-10-17-16(13-25)21(28)23-20(22-17)18-9-6-11-26(18)15-7-4-3-5-8-15/h15,18H,3-14H2,1-2H3,(H,22,23,28). The molecule has 1 unspecified atom stereocenters. The molecule has 7 heteroatoms. The largest absolute Gasteiger partial charge is 0.337 e. The Labute approximate surface area is 167 Å². The maximum absolute atomic E-state index is 12.9. The summed E-state index contributed by atoms with van der Waals surface area (Å²) in [5.41, 5.74) is 1.50. The fraction of sp³-hybridized carbons (Fsp3) is 0.762. The van der Waals surface area contributed by atoms with Gasteiger partial charge in [0, 0.05) is 19.0 Å². The molecule has 1 saturated heterocycles. The predicted molar refractivity (Wildman–Crippen MR) is 108 cm³/mol. The van der Waals surface area contributed by atoms with E-state index >= 15 is 0 Å². The van der Waals surface area contributed by atoms with Gasteiger partial charge in [0.15, 0.2) is 0 Å². The van der Waals surface area contributed by atoms with Gasteiger partial charge < -0.3 is 14.8 Å². The number of nitrogens with zero attached hydrogens (tertiary/aromatic N) is 4. The number of carbonyl (C=O) groups excluding carboxylic acids is 1. The first kappa shape index (κ1) is 19.6. The molecule has 0 spiro atoms. The van der Waals surface area contributed by atoms with Gasteiger partial charge in [0.25, 0.3) is 5.56 Å². The van der Waals surface area contributed by atoms with E-state index in [9.17, 15) is 9.59 Å². The van der Waals surface area contributed by atoms with E-state index in [4.69, 9.17) is 4.98 Å². The van der Waals surface area contributed by atoms with Crippen LogP contribution in [0.25, 0.3) is 0 Å². The van der Waals surface area contributed by atoms with Gasteiger partial charge in [0.1, 0.15) is 5.82 Å². The highest BCUT2D eigenvalue weighted by molar-refractivity contribution is 5.78. The van der Waals surface area contributed by atoms with Crippen LogP contribution >= 0.6 is 0 Å². The van der Waals surface area contributed by atoms with Crippen LogP contribution in [0.3, 0.4) is 0 Å². The molecule has 1 atom stereocenters. The van der Waals surface area contributed by atoms with Crippen LogP contribution in [0.5, 0.6) is 0 Å². The summed E-state index contributed by atoms with van der Waals surface area (Å²) in [4.78, 5) is 39.5. The minimum atomic E-state index is -0.0575. The average Bonchev–Trinajstić information content (AvgIpc) is 3.18. The van der Waals surface area contributed by atoms with Crippen molar-refractivity contribution in [3.63, 3.8) is 0 Å². The predicted octanol–water partition coefficient (Wildman–Crippen LogP) is 1.69. The number of fused-ring (bicyclic) bond motifs is 1. The Bertz CT molecular complexity index is 769. The molecule has 7 nitrogen and oxygen atoms in total. The van der Waals surface area contributed by atoms with E-state index in [0.29, 0.717) is 37.7 Å². The lowest BCUT2D eigenvalue weighted by molar-refractivity contribution is -0.132. The summed E-state index contributed by atoms with van der Waals surface area (Å²) in [6.07, 6.45) is 9.45. The molecule has 3 heterocycles. The van der Waals surface area contributed by atoms with Gasteiger partial charge in [0.2, 0.25) is 5.91 Å². The lowest BCUT2D eigenvalue weighted by atomic mass is 9.93. The van der Waals surface area contributed by atoms with Crippen molar-refractivity contribution < 1.29 is 4.79 Å². The molecule has 28 heavy (non-hydrogen) atoms. The molecule has 0 bridgehead atoms. The summed E-state index contributed by atoms with van der Waals surface area (Å²) in [5.74, 6) is 0.915. The lowest BCUT2D eigenvalue weighted by Gasteiger charge is -2.35. The van der Waals surface area contributed by atoms with E-state index < -0.39 is 0 Å². The number of nitrogens with one attached hydrogen (secondary N) is 1. The third-order valence-corrected chi connectivity index (χ3v) is 6.54. The van der Waals surface area contributed by atoms with E-state index in [-0.39, 0.29) is 17.5 Å². The van der Waals surface area contributed by atoms with Gasteiger partial charge in [-0.2, -0.15) is 0 Å². The molecule has 3 aliphatic rings. The fourth-order valence-corrected chi connectivity index (χ4v) is 5.12.